The fourth-order valence-corrected chi connectivity index (χ4v) is 5.02. The molecule has 0 bridgehead atoms. The molecule has 2 atom stereocenters. The van der Waals surface area contributed by atoms with Gasteiger partial charge < -0.3 is 10.2 Å². The molecule has 21 heavy (non-hydrogen) atoms. The molecule has 3 rings (SSSR count). The van der Waals surface area contributed by atoms with E-state index >= 15 is 0 Å². The third kappa shape index (κ3) is 3.75. The summed E-state index contributed by atoms with van der Waals surface area (Å²) in [4.78, 5) is 25.8. The molecule has 0 aromatic rings. The summed E-state index contributed by atoms with van der Waals surface area (Å²) < 4.78 is 22.7. The Kier molecular flexibility index (Phi) is 3.94. The summed E-state index contributed by atoms with van der Waals surface area (Å²) in [6, 6.07) is 0. The quantitative estimate of drug-likeness (QED) is 0.761. The first kappa shape index (κ1) is 14.8. The molecule has 0 aromatic carbocycles. The maximum absolute atomic E-state index is 12.1. The van der Waals surface area contributed by atoms with E-state index in [4.69, 9.17) is 0 Å². The fourth-order valence-electron chi connectivity index (χ4n) is 3.16. The number of nitrogens with one attached hydrogen (secondary N) is 1. The minimum Gasteiger partial charge on any atom is -0.355 e. The van der Waals surface area contributed by atoms with E-state index in [1.165, 1.54) is 12.8 Å². The average molecular weight is 314 g/mol. The minimum absolute atomic E-state index is 0.0265. The standard InChI is InChI=1S/C14H22N2O4S/c17-13-5-12(8-16(13)7-10-1-2-10)14(18)15-6-11-3-4-21(19,20)9-11/h10-12H,1-9H2,(H,15,18)/t11-,12+/m1/s1. The van der Waals surface area contributed by atoms with Crippen LogP contribution in [0.1, 0.15) is 25.7 Å². The van der Waals surface area contributed by atoms with Crippen molar-refractivity contribution in [2.24, 2.45) is 17.8 Å². The summed E-state index contributed by atoms with van der Waals surface area (Å²) in [6.45, 7) is 1.72. The van der Waals surface area contributed by atoms with Crippen LogP contribution >= 0.6 is 0 Å². The second-order valence-corrected chi connectivity index (χ2v) is 8.89. The van der Waals surface area contributed by atoms with Crippen molar-refractivity contribution < 1.29 is 18.0 Å². The van der Waals surface area contributed by atoms with Gasteiger partial charge in [-0.15, -0.1) is 0 Å². The molecule has 118 valence electrons. The Hall–Kier alpha value is -1.11. The Morgan fingerprint density at radius 2 is 2.00 bits per heavy atom. The lowest BCUT2D eigenvalue weighted by atomic mass is 10.1. The molecular formula is C14H22N2O4S. The van der Waals surface area contributed by atoms with Crippen molar-refractivity contribution in [3.8, 4) is 0 Å². The summed E-state index contributed by atoms with van der Waals surface area (Å²) in [5.74, 6) is 0.763. The van der Waals surface area contributed by atoms with E-state index in [1.54, 1.807) is 0 Å². The first-order valence-electron chi connectivity index (χ1n) is 7.69. The minimum atomic E-state index is -2.90. The highest BCUT2D eigenvalue weighted by Crippen LogP contribution is 2.32. The van der Waals surface area contributed by atoms with Crippen LogP contribution in [0, 0.1) is 17.8 Å². The van der Waals surface area contributed by atoms with Crippen molar-refractivity contribution in [1.82, 2.24) is 10.2 Å². The number of rotatable bonds is 5. The van der Waals surface area contributed by atoms with Crippen LogP contribution in [0.25, 0.3) is 0 Å². The number of hydrogen-bond acceptors (Lipinski definition) is 4. The van der Waals surface area contributed by atoms with Crippen molar-refractivity contribution in [2.75, 3.05) is 31.1 Å². The molecule has 1 saturated carbocycles. The number of sulfone groups is 1. The molecule has 0 radical (unpaired) electrons. The van der Waals surface area contributed by atoms with Gasteiger partial charge in [-0.3, -0.25) is 9.59 Å². The van der Waals surface area contributed by atoms with Gasteiger partial charge in [0, 0.05) is 26.1 Å². The van der Waals surface area contributed by atoms with Crippen LogP contribution in [0.3, 0.4) is 0 Å². The maximum Gasteiger partial charge on any atom is 0.225 e. The topological polar surface area (TPSA) is 83.5 Å². The van der Waals surface area contributed by atoms with E-state index in [-0.39, 0.29) is 35.2 Å². The van der Waals surface area contributed by atoms with Crippen molar-refractivity contribution in [3.05, 3.63) is 0 Å². The van der Waals surface area contributed by atoms with Gasteiger partial charge in [-0.2, -0.15) is 0 Å². The Morgan fingerprint density at radius 3 is 2.62 bits per heavy atom. The van der Waals surface area contributed by atoms with Gasteiger partial charge in [0.1, 0.15) is 0 Å². The smallest absolute Gasteiger partial charge is 0.225 e. The van der Waals surface area contributed by atoms with Crippen molar-refractivity contribution in [1.29, 1.82) is 0 Å². The van der Waals surface area contributed by atoms with Crippen LogP contribution in [0.5, 0.6) is 0 Å². The van der Waals surface area contributed by atoms with E-state index < -0.39 is 9.84 Å². The lowest BCUT2D eigenvalue weighted by molar-refractivity contribution is -0.129. The predicted octanol–water partition coefficient (Wildman–Crippen LogP) is -0.204. The van der Waals surface area contributed by atoms with Gasteiger partial charge in [-0.25, -0.2) is 8.42 Å². The molecule has 1 N–H and O–H groups in total. The molecule has 2 aliphatic heterocycles. The molecular weight excluding hydrogens is 292 g/mol. The number of nitrogens with zero attached hydrogens (tertiary/aromatic N) is 1. The highest BCUT2D eigenvalue weighted by Gasteiger charge is 2.37. The van der Waals surface area contributed by atoms with Crippen molar-refractivity contribution >= 4 is 21.7 Å². The lowest BCUT2D eigenvalue weighted by Crippen LogP contribution is -2.36. The highest BCUT2D eigenvalue weighted by molar-refractivity contribution is 7.91. The van der Waals surface area contributed by atoms with Crippen molar-refractivity contribution in [3.63, 3.8) is 0 Å². The molecule has 3 fully saturated rings. The number of carbonyl (C=O) groups is 2. The second-order valence-electron chi connectivity index (χ2n) is 6.66. The third-order valence-electron chi connectivity index (χ3n) is 4.65. The Morgan fingerprint density at radius 1 is 1.24 bits per heavy atom. The molecule has 2 heterocycles. The first-order chi connectivity index (χ1) is 9.93. The summed E-state index contributed by atoms with van der Waals surface area (Å²) >= 11 is 0. The Balaban J connectivity index is 1.44. The molecule has 0 aromatic heterocycles. The molecule has 1 aliphatic carbocycles. The zero-order valence-corrected chi connectivity index (χ0v) is 12.9. The average Bonchev–Trinajstić information content (AvgIpc) is 3.06. The number of carbonyl (C=O) groups excluding carboxylic acids is 2. The van der Waals surface area contributed by atoms with Crippen LogP contribution < -0.4 is 5.32 Å². The lowest BCUT2D eigenvalue weighted by Gasteiger charge is -2.16. The molecule has 3 aliphatic rings. The fraction of sp³-hybridized carbons (Fsp3) is 0.857. The second kappa shape index (κ2) is 5.59. The van der Waals surface area contributed by atoms with E-state index in [9.17, 15) is 18.0 Å². The van der Waals surface area contributed by atoms with Gasteiger partial charge in [0.2, 0.25) is 11.8 Å². The largest absolute Gasteiger partial charge is 0.355 e. The highest BCUT2D eigenvalue weighted by atomic mass is 32.2. The zero-order valence-electron chi connectivity index (χ0n) is 12.1. The summed E-state index contributed by atoms with van der Waals surface area (Å²) in [5.41, 5.74) is 0. The van der Waals surface area contributed by atoms with Crippen LogP contribution in [0.2, 0.25) is 0 Å². The Labute approximate surface area is 125 Å². The Bertz CT molecular complexity index is 541. The predicted molar refractivity (Wildman–Crippen MR) is 77.2 cm³/mol. The maximum atomic E-state index is 12.1. The van der Waals surface area contributed by atoms with Crippen LogP contribution in [-0.4, -0.2) is 56.3 Å². The van der Waals surface area contributed by atoms with Gasteiger partial charge in [-0.1, -0.05) is 0 Å². The number of amides is 2. The van der Waals surface area contributed by atoms with Gasteiger partial charge >= 0.3 is 0 Å². The van der Waals surface area contributed by atoms with E-state index in [1.807, 2.05) is 4.90 Å². The van der Waals surface area contributed by atoms with Gasteiger partial charge in [-0.05, 0) is 31.1 Å². The third-order valence-corrected chi connectivity index (χ3v) is 6.49. The molecule has 6 nitrogen and oxygen atoms in total. The first-order valence-corrected chi connectivity index (χ1v) is 9.51. The molecule has 0 unspecified atom stereocenters. The van der Waals surface area contributed by atoms with Crippen LogP contribution in [0.4, 0.5) is 0 Å². The summed E-state index contributed by atoms with van der Waals surface area (Å²) in [6.07, 6.45) is 3.30. The molecule has 2 amide bonds. The van der Waals surface area contributed by atoms with E-state index in [0.717, 1.165) is 6.54 Å². The summed E-state index contributed by atoms with van der Waals surface area (Å²) in [5, 5.41) is 2.83. The van der Waals surface area contributed by atoms with E-state index in [0.29, 0.717) is 31.8 Å². The van der Waals surface area contributed by atoms with Crippen molar-refractivity contribution in [2.45, 2.75) is 25.7 Å². The molecule has 0 spiro atoms. The number of likely N-dealkylation sites (tertiary alicyclic amines) is 1. The molecule has 2 saturated heterocycles. The molecule has 7 heteroatoms. The van der Waals surface area contributed by atoms with Crippen LogP contribution in [0.15, 0.2) is 0 Å². The normalized spacial score (nSPS) is 31.6. The number of hydrogen-bond donors (Lipinski definition) is 1. The monoisotopic (exact) mass is 314 g/mol. The zero-order chi connectivity index (χ0) is 15.0. The van der Waals surface area contributed by atoms with Gasteiger partial charge in [0.15, 0.2) is 9.84 Å². The van der Waals surface area contributed by atoms with Gasteiger partial charge in [0.05, 0.1) is 17.4 Å². The van der Waals surface area contributed by atoms with Gasteiger partial charge in [0.25, 0.3) is 0 Å². The van der Waals surface area contributed by atoms with E-state index in [2.05, 4.69) is 5.32 Å². The SMILES string of the molecule is O=C(NC[C@H]1CCS(=O)(=O)C1)[C@H]1CC(=O)N(CC2CC2)C1. The van der Waals surface area contributed by atoms with Crippen LogP contribution in [-0.2, 0) is 19.4 Å². The summed E-state index contributed by atoms with van der Waals surface area (Å²) in [7, 11) is -2.90.